The molecule has 0 spiro atoms. The van der Waals surface area contributed by atoms with Gasteiger partial charge in [-0.05, 0) is 6.07 Å². The second-order valence-electron chi connectivity index (χ2n) is 3.03. The highest BCUT2D eigenvalue weighted by Crippen LogP contribution is 2.38. The SMILES string of the molecule is Nc1c(Cl)cccc1-c1c[nH]c(Cl)c1Cl. The standard InChI is InChI=1S/C10H7Cl3N2/c11-7-3-1-2-5(9(7)14)6-4-15-10(13)8(6)12/h1-4,15H,14H2. The van der Waals surface area contributed by atoms with Gasteiger partial charge < -0.3 is 10.7 Å². The number of hydrogen-bond donors (Lipinski definition) is 2. The summed E-state index contributed by atoms with van der Waals surface area (Å²) >= 11 is 17.7. The van der Waals surface area contributed by atoms with Crippen LogP contribution >= 0.6 is 34.8 Å². The number of rotatable bonds is 1. The molecule has 0 unspecified atom stereocenters. The van der Waals surface area contributed by atoms with Crippen molar-refractivity contribution in [2.45, 2.75) is 0 Å². The largest absolute Gasteiger partial charge is 0.397 e. The van der Waals surface area contributed by atoms with E-state index in [1.807, 2.05) is 12.1 Å². The number of anilines is 1. The molecule has 3 N–H and O–H groups in total. The molecule has 1 aromatic carbocycles. The van der Waals surface area contributed by atoms with Gasteiger partial charge in [-0.1, -0.05) is 46.9 Å². The average molecular weight is 262 g/mol. The number of aromatic nitrogens is 1. The monoisotopic (exact) mass is 260 g/mol. The van der Waals surface area contributed by atoms with Crippen molar-refractivity contribution in [3.8, 4) is 11.1 Å². The lowest BCUT2D eigenvalue weighted by atomic mass is 10.1. The fourth-order valence-corrected chi connectivity index (χ4v) is 1.89. The Morgan fingerprint density at radius 2 is 1.80 bits per heavy atom. The van der Waals surface area contributed by atoms with Crippen molar-refractivity contribution < 1.29 is 0 Å². The van der Waals surface area contributed by atoms with E-state index in [2.05, 4.69) is 4.98 Å². The Labute approximate surface area is 102 Å². The molecular weight excluding hydrogens is 254 g/mol. The molecule has 0 amide bonds. The summed E-state index contributed by atoms with van der Waals surface area (Å²) < 4.78 is 0. The maximum atomic E-state index is 6.01. The Morgan fingerprint density at radius 1 is 1.07 bits per heavy atom. The maximum absolute atomic E-state index is 6.01. The Balaban J connectivity index is 2.64. The second kappa shape index (κ2) is 3.97. The van der Waals surface area contributed by atoms with Crippen molar-refractivity contribution in [2.24, 2.45) is 0 Å². The van der Waals surface area contributed by atoms with Crippen LogP contribution in [-0.2, 0) is 0 Å². The predicted molar refractivity (Wildman–Crippen MR) is 65.7 cm³/mol. The number of halogens is 3. The summed E-state index contributed by atoms with van der Waals surface area (Å²) in [7, 11) is 0. The van der Waals surface area contributed by atoms with Gasteiger partial charge in [0.2, 0.25) is 0 Å². The fraction of sp³-hybridized carbons (Fsp3) is 0. The van der Waals surface area contributed by atoms with Crippen LogP contribution in [0, 0.1) is 0 Å². The molecule has 2 aromatic rings. The first-order valence-corrected chi connectivity index (χ1v) is 5.31. The first kappa shape index (κ1) is 10.7. The number of nitrogen functional groups attached to an aromatic ring is 1. The van der Waals surface area contributed by atoms with Crippen LogP contribution in [0.2, 0.25) is 15.2 Å². The van der Waals surface area contributed by atoms with Gasteiger partial charge in [-0.25, -0.2) is 0 Å². The van der Waals surface area contributed by atoms with Gasteiger partial charge in [0.1, 0.15) is 5.15 Å². The molecule has 0 aliphatic carbocycles. The van der Waals surface area contributed by atoms with Crippen LogP contribution in [0.4, 0.5) is 5.69 Å². The molecule has 2 rings (SSSR count). The van der Waals surface area contributed by atoms with Crippen LogP contribution in [0.25, 0.3) is 11.1 Å². The minimum absolute atomic E-state index is 0.394. The van der Waals surface area contributed by atoms with E-state index in [9.17, 15) is 0 Å². The van der Waals surface area contributed by atoms with Crippen LogP contribution in [-0.4, -0.2) is 4.98 Å². The van der Waals surface area contributed by atoms with Crippen molar-refractivity contribution in [2.75, 3.05) is 5.73 Å². The van der Waals surface area contributed by atoms with Gasteiger partial charge in [0.05, 0.1) is 15.7 Å². The molecule has 0 saturated heterocycles. The Bertz CT molecular complexity index is 505. The van der Waals surface area contributed by atoms with E-state index in [1.54, 1.807) is 12.3 Å². The van der Waals surface area contributed by atoms with Crippen molar-refractivity contribution >= 4 is 40.5 Å². The lowest BCUT2D eigenvalue weighted by molar-refractivity contribution is 1.41. The number of benzene rings is 1. The maximum Gasteiger partial charge on any atom is 0.125 e. The predicted octanol–water partition coefficient (Wildman–Crippen LogP) is 4.22. The van der Waals surface area contributed by atoms with Gasteiger partial charge in [0, 0.05) is 17.3 Å². The number of H-pyrrole nitrogens is 1. The topological polar surface area (TPSA) is 41.8 Å². The molecule has 0 bridgehead atoms. The molecule has 78 valence electrons. The van der Waals surface area contributed by atoms with Crippen molar-refractivity contribution in [1.82, 2.24) is 4.98 Å². The summed E-state index contributed by atoms with van der Waals surface area (Å²) in [5, 5.41) is 1.34. The fourth-order valence-electron chi connectivity index (χ4n) is 1.35. The van der Waals surface area contributed by atoms with Crippen molar-refractivity contribution in [3.63, 3.8) is 0 Å². The van der Waals surface area contributed by atoms with Gasteiger partial charge in [0.15, 0.2) is 0 Å². The summed E-state index contributed by atoms with van der Waals surface area (Å²) in [6.07, 6.45) is 1.70. The zero-order chi connectivity index (χ0) is 11.0. The van der Waals surface area contributed by atoms with Gasteiger partial charge in [0.25, 0.3) is 0 Å². The van der Waals surface area contributed by atoms with E-state index in [0.717, 1.165) is 11.1 Å². The molecule has 0 saturated carbocycles. The smallest absolute Gasteiger partial charge is 0.125 e. The van der Waals surface area contributed by atoms with E-state index in [4.69, 9.17) is 40.5 Å². The first-order chi connectivity index (χ1) is 7.11. The summed E-state index contributed by atoms with van der Waals surface area (Å²) in [6, 6.07) is 5.38. The molecule has 0 radical (unpaired) electrons. The molecule has 5 heteroatoms. The van der Waals surface area contributed by atoms with E-state index < -0.39 is 0 Å². The first-order valence-electron chi connectivity index (χ1n) is 4.18. The molecule has 2 nitrogen and oxygen atoms in total. The molecular formula is C10H7Cl3N2. The quantitative estimate of drug-likeness (QED) is 0.741. The minimum Gasteiger partial charge on any atom is -0.397 e. The van der Waals surface area contributed by atoms with Crippen molar-refractivity contribution in [1.29, 1.82) is 0 Å². The normalized spacial score (nSPS) is 10.6. The van der Waals surface area contributed by atoms with E-state index in [0.29, 0.717) is 20.9 Å². The van der Waals surface area contributed by atoms with Gasteiger partial charge in [-0.15, -0.1) is 0 Å². The van der Waals surface area contributed by atoms with E-state index in [1.165, 1.54) is 0 Å². The molecule has 15 heavy (non-hydrogen) atoms. The number of aromatic amines is 1. The highest BCUT2D eigenvalue weighted by atomic mass is 35.5. The van der Waals surface area contributed by atoms with Crippen LogP contribution in [0.1, 0.15) is 0 Å². The van der Waals surface area contributed by atoms with Crippen LogP contribution in [0.15, 0.2) is 24.4 Å². The van der Waals surface area contributed by atoms with Crippen LogP contribution < -0.4 is 5.73 Å². The number of hydrogen-bond acceptors (Lipinski definition) is 1. The lowest BCUT2D eigenvalue weighted by Gasteiger charge is -2.05. The third-order valence-corrected chi connectivity index (χ3v) is 3.23. The summed E-state index contributed by atoms with van der Waals surface area (Å²) in [5.74, 6) is 0. The molecule has 0 aliphatic heterocycles. The highest BCUT2D eigenvalue weighted by molar-refractivity contribution is 6.43. The Kier molecular flexibility index (Phi) is 2.83. The van der Waals surface area contributed by atoms with Crippen LogP contribution in [0.3, 0.4) is 0 Å². The molecule has 0 fully saturated rings. The zero-order valence-corrected chi connectivity index (χ0v) is 9.79. The van der Waals surface area contributed by atoms with Crippen molar-refractivity contribution in [3.05, 3.63) is 39.6 Å². The van der Waals surface area contributed by atoms with E-state index >= 15 is 0 Å². The van der Waals surface area contributed by atoms with Gasteiger partial charge in [-0.2, -0.15) is 0 Å². The van der Waals surface area contributed by atoms with Gasteiger partial charge >= 0.3 is 0 Å². The lowest BCUT2D eigenvalue weighted by Crippen LogP contribution is -1.90. The van der Waals surface area contributed by atoms with E-state index in [-0.39, 0.29) is 0 Å². The summed E-state index contributed by atoms with van der Waals surface area (Å²) in [5.41, 5.74) is 7.87. The number of nitrogens with one attached hydrogen (secondary N) is 1. The minimum atomic E-state index is 0.394. The third-order valence-electron chi connectivity index (χ3n) is 2.12. The molecule has 1 heterocycles. The van der Waals surface area contributed by atoms with Gasteiger partial charge in [-0.3, -0.25) is 0 Å². The third kappa shape index (κ3) is 1.81. The average Bonchev–Trinajstić information content (AvgIpc) is 2.53. The second-order valence-corrected chi connectivity index (χ2v) is 4.19. The molecule has 0 atom stereocenters. The Hall–Kier alpha value is -0.830. The summed E-state index contributed by atoms with van der Waals surface area (Å²) in [4.78, 5) is 2.82. The number of para-hydroxylation sites is 1. The Morgan fingerprint density at radius 3 is 2.40 bits per heavy atom. The zero-order valence-electron chi connectivity index (χ0n) is 7.52. The highest BCUT2D eigenvalue weighted by Gasteiger charge is 2.12. The molecule has 1 aromatic heterocycles. The van der Waals surface area contributed by atoms with Crippen LogP contribution in [0.5, 0.6) is 0 Å². The summed E-state index contributed by atoms with van der Waals surface area (Å²) in [6.45, 7) is 0. The molecule has 0 aliphatic rings. The number of nitrogens with two attached hydrogens (primary N) is 1.